The van der Waals surface area contributed by atoms with Crippen LogP contribution >= 0.6 is 0 Å². The molecule has 0 atom stereocenters. The molecule has 0 aliphatic carbocycles. The summed E-state index contributed by atoms with van der Waals surface area (Å²) in [6.07, 6.45) is 5.74. The second-order valence-corrected chi connectivity index (χ2v) is 4.44. The van der Waals surface area contributed by atoms with Crippen LogP contribution in [0.5, 0.6) is 0 Å². The van der Waals surface area contributed by atoms with Gasteiger partial charge < -0.3 is 10.5 Å². The third-order valence-electron chi connectivity index (χ3n) is 2.36. The minimum atomic E-state index is -0.336. The molecule has 5 heteroatoms. The fourth-order valence-corrected chi connectivity index (χ4v) is 1.36. The Labute approximate surface area is 108 Å². The van der Waals surface area contributed by atoms with Gasteiger partial charge in [-0.05, 0) is 25.3 Å². The zero-order valence-corrected chi connectivity index (χ0v) is 11.1. The Morgan fingerprint density at radius 2 is 1.83 bits per heavy atom. The Bertz CT molecular complexity index is 293. The van der Waals surface area contributed by atoms with Crippen molar-refractivity contribution < 1.29 is 14.4 Å². The van der Waals surface area contributed by atoms with Crippen LogP contribution in [-0.4, -0.2) is 36.1 Å². The van der Waals surface area contributed by atoms with Crippen LogP contribution in [0.1, 0.15) is 33.1 Å². The molecule has 0 bridgehead atoms. The molecule has 0 aromatic rings. The van der Waals surface area contributed by atoms with Gasteiger partial charge in [0.1, 0.15) is 6.29 Å². The van der Waals surface area contributed by atoms with Crippen molar-refractivity contribution in [1.29, 1.82) is 0 Å². The molecule has 2 amide bonds. The van der Waals surface area contributed by atoms with Gasteiger partial charge in [0.25, 0.3) is 11.8 Å². The first-order valence-corrected chi connectivity index (χ1v) is 6.20. The highest BCUT2D eigenvalue weighted by molar-refractivity contribution is 6.12. The first-order valence-electron chi connectivity index (χ1n) is 6.20. The minimum Gasteiger partial charge on any atom is -0.330 e. The SMILES string of the molecule is CC(C)CCCN.O=CCCN1C(=O)C=CC1=O. The van der Waals surface area contributed by atoms with Crippen LogP contribution in [-0.2, 0) is 14.4 Å². The van der Waals surface area contributed by atoms with Crippen LogP contribution in [0.4, 0.5) is 0 Å². The number of carbonyl (C=O) groups is 3. The van der Waals surface area contributed by atoms with Gasteiger partial charge in [0.05, 0.1) is 0 Å². The molecule has 5 nitrogen and oxygen atoms in total. The zero-order valence-electron chi connectivity index (χ0n) is 11.1. The standard InChI is InChI=1S/C7H7NO3.C6H15N/c9-5-1-4-8-6(10)2-3-7(8)11;1-6(2)4-3-5-7/h2-3,5H,1,4H2;6H,3-5,7H2,1-2H3. The summed E-state index contributed by atoms with van der Waals surface area (Å²) < 4.78 is 0. The topological polar surface area (TPSA) is 80.5 Å². The molecular weight excluding hydrogens is 232 g/mol. The maximum atomic E-state index is 10.8. The molecule has 0 aromatic heterocycles. The summed E-state index contributed by atoms with van der Waals surface area (Å²) >= 11 is 0. The lowest BCUT2D eigenvalue weighted by Gasteiger charge is -2.10. The van der Waals surface area contributed by atoms with Gasteiger partial charge in [-0.25, -0.2) is 0 Å². The maximum absolute atomic E-state index is 10.8. The van der Waals surface area contributed by atoms with Crippen LogP contribution in [0.3, 0.4) is 0 Å². The highest BCUT2D eigenvalue weighted by Gasteiger charge is 2.21. The Hall–Kier alpha value is -1.49. The van der Waals surface area contributed by atoms with Crippen molar-refractivity contribution in [3.63, 3.8) is 0 Å². The molecule has 102 valence electrons. The summed E-state index contributed by atoms with van der Waals surface area (Å²) in [7, 11) is 0. The molecule has 0 fully saturated rings. The van der Waals surface area contributed by atoms with Gasteiger partial charge >= 0.3 is 0 Å². The molecule has 0 radical (unpaired) electrons. The third-order valence-corrected chi connectivity index (χ3v) is 2.36. The van der Waals surface area contributed by atoms with E-state index in [4.69, 9.17) is 5.73 Å². The van der Waals surface area contributed by atoms with Crippen molar-refractivity contribution in [1.82, 2.24) is 4.90 Å². The summed E-state index contributed by atoms with van der Waals surface area (Å²) in [5, 5.41) is 0. The molecule has 0 aromatic carbocycles. The van der Waals surface area contributed by atoms with Gasteiger partial charge in [0.2, 0.25) is 0 Å². The number of amides is 2. The molecule has 1 rings (SSSR count). The predicted octanol–water partition coefficient (Wildman–Crippen LogP) is 0.882. The van der Waals surface area contributed by atoms with E-state index in [0.29, 0.717) is 6.29 Å². The van der Waals surface area contributed by atoms with Crippen molar-refractivity contribution in [2.75, 3.05) is 13.1 Å². The van der Waals surface area contributed by atoms with Crippen LogP contribution in [0.2, 0.25) is 0 Å². The number of aldehydes is 1. The van der Waals surface area contributed by atoms with Crippen LogP contribution in [0, 0.1) is 5.92 Å². The van der Waals surface area contributed by atoms with E-state index in [1.54, 1.807) is 0 Å². The molecule has 1 aliphatic heterocycles. The zero-order chi connectivity index (χ0) is 14.0. The lowest BCUT2D eigenvalue weighted by Crippen LogP contribution is -2.30. The van der Waals surface area contributed by atoms with Gasteiger partial charge in [-0.2, -0.15) is 0 Å². The number of hydrogen-bond acceptors (Lipinski definition) is 4. The van der Waals surface area contributed by atoms with Crippen LogP contribution in [0.25, 0.3) is 0 Å². The van der Waals surface area contributed by atoms with Crippen molar-refractivity contribution in [3.05, 3.63) is 12.2 Å². The quantitative estimate of drug-likeness (QED) is 0.563. The highest BCUT2D eigenvalue weighted by atomic mass is 16.2. The monoisotopic (exact) mass is 254 g/mol. The van der Waals surface area contributed by atoms with Crippen molar-refractivity contribution in [2.24, 2.45) is 11.7 Å². The molecule has 0 saturated carbocycles. The lowest BCUT2D eigenvalue weighted by molar-refractivity contribution is -0.136. The van der Waals surface area contributed by atoms with Gasteiger partial charge in [-0.1, -0.05) is 13.8 Å². The van der Waals surface area contributed by atoms with Crippen molar-refractivity contribution in [3.8, 4) is 0 Å². The fourth-order valence-electron chi connectivity index (χ4n) is 1.36. The van der Waals surface area contributed by atoms with Crippen LogP contribution < -0.4 is 5.73 Å². The number of imide groups is 1. The summed E-state index contributed by atoms with van der Waals surface area (Å²) in [5.74, 6) is 0.150. The molecule has 0 spiro atoms. The van der Waals surface area contributed by atoms with Gasteiger partial charge in [0.15, 0.2) is 0 Å². The fraction of sp³-hybridized carbons (Fsp3) is 0.615. The van der Waals surface area contributed by atoms with E-state index in [2.05, 4.69) is 13.8 Å². The summed E-state index contributed by atoms with van der Waals surface area (Å²) in [6, 6.07) is 0. The first-order chi connectivity index (χ1) is 8.52. The maximum Gasteiger partial charge on any atom is 0.253 e. The average molecular weight is 254 g/mol. The van der Waals surface area contributed by atoms with Gasteiger partial charge in [-0.3, -0.25) is 14.5 Å². The number of carbonyl (C=O) groups excluding carboxylic acids is 3. The van der Waals surface area contributed by atoms with Gasteiger partial charge in [0, 0.05) is 25.1 Å². The number of nitrogens with two attached hydrogens (primary N) is 1. The Morgan fingerprint density at radius 3 is 2.17 bits per heavy atom. The normalized spacial score (nSPS) is 13.9. The first kappa shape index (κ1) is 16.5. The van der Waals surface area contributed by atoms with Crippen molar-refractivity contribution >= 4 is 18.1 Å². The minimum absolute atomic E-state index is 0.189. The molecule has 0 saturated heterocycles. The smallest absolute Gasteiger partial charge is 0.253 e. The molecule has 1 heterocycles. The molecule has 2 N–H and O–H groups in total. The van der Waals surface area contributed by atoms with E-state index < -0.39 is 0 Å². The summed E-state index contributed by atoms with van der Waals surface area (Å²) in [5.41, 5.74) is 5.28. The largest absolute Gasteiger partial charge is 0.330 e. The summed E-state index contributed by atoms with van der Waals surface area (Å²) in [6.45, 7) is 5.47. The lowest BCUT2D eigenvalue weighted by atomic mass is 10.1. The van der Waals surface area contributed by atoms with E-state index in [1.165, 1.54) is 25.0 Å². The van der Waals surface area contributed by atoms with E-state index in [-0.39, 0.29) is 24.8 Å². The van der Waals surface area contributed by atoms with Crippen molar-refractivity contribution in [2.45, 2.75) is 33.1 Å². The molecular formula is C13H22N2O3. The van der Waals surface area contributed by atoms with E-state index in [0.717, 1.165) is 17.4 Å². The van der Waals surface area contributed by atoms with Gasteiger partial charge in [-0.15, -0.1) is 0 Å². The summed E-state index contributed by atoms with van der Waals surface area (Å²) in [4.78, 5) is 32.5. The Kier molecular flexibility index (Phi) is 8.74. The third kappa shape index (κ3) is 6.96. The molecule has 0 unspecified atom stereocenters. The molecule has 18 heavy (non-hydrogen) atoms. The van der Waals surface area contributed by atoms with Crippen LogP contribution in [0.15, 0.2) is 12.2 Å². The second kappa shape index (κ2) is 9.53. The predicted molar refractivity (Wildman–Crippen MR) is 69.7 cm³/mol. The van der Waals surface area contributed by atoms with E-state index >= 15 is 0 Å². The Balaban J connectivity index is 0.000000360. The number of rotatable bonds is 6. The highest BCUT2D eigenvalue weighted by Crippen LogP contribution is 2.02. The average Bonchev–Trinajstić information content (AvgIpc) is 2.65. The van der Waals surface area contributed by atoms with E-state index in [1.807, 2.05) is 0 Å². The number of hydrogen-bond donors (Lipinski definition) is 1. The van der Waals surface area contributed by atoms with E-state index in [9.17, 15) is 14.4 Å². The Morgan fingerprint density at radius 1 is 1.28 bits per heavy atom. The number of nitrogens with zero attached hydrogens (tertiary/aromatic N) is 1. The second-order valence-electron chi connectivity index (χ2n) is 4.44. The molecule has 1 aliphatic rings.